The molecule has 1 aromatic heterocycles. The minimum atomic E-state index is 0.261. The third-order valence-corrected chi connectivity index (χ3v) is 3.70. The average Bonchev–Trinajstić information content (AvgIpc) is 2.77. The van der Waals surface area contributed by atoms with Gasteiger partial charge in [0.1, 0.15) is 11.5 Å². The molecular weight excluding hydrogens is 234 g/mol. The van der Waals surface area contributed by atoms with Crippen molar-refractivity contribution in [1.82, 2.24) is 5.32 Å². The van der Waals surface area contributed by atoms with Crippen LogP contribution < -0.4 is 5.32 Å². The maximum absolute atomic E-state index is 8.91. The van der Waals surface area contributed by atoms with Gasteiger partial charge in [-0.3, -0.25) is 0 Å². The lowest BCUT2D eigenvalue weighted by molar-refractivity contribution is 0.250. The lowest BCUT2D eigenvalue weighted by Gasteiger charge is -2.05. The molecule has 0 radical (unpaired) electrons. The zero-order chi connectivity index (χ0) is 12.5. The van der Waals surface area contributed by atoms with Gasteiger partial charge in [0, 0.05) is 6.61 Å². The molecule has 2 N–H and O–H groups in total. The second kappa shape index (κ2) is 8.61. The molecule has 0 aromatic carbocycles. The van der Waals surface area contributed by atoms with Crippen molar-refractivity contribution in [2.45, 2.75) is 32.6 Å². The Morgan fingerprint density at radius 3 is 2.88 bits per heavy atom. The Labute approximate surface area is 108 Å². The van der Waals surface area contributed by atoms with E-state index in [-0.39, 0.29) is 6.61 Å². The quantitative estimate of drug-likeness (QED) is 0.668. The lowest BCUT2D eigenvalue weighted by Crippen LogP contribution is -2.13. The SMILES string of the molecule is CCCNCc1ccc(CSCC(C)CO)o1. The van der Waals surface area contributed by atoms with E-state index in [2.05, 4.69) is 19.2 Å². The number of aliphatic hydroxyl groups excluding tert-OH is 1. The van der Waals surface area contributed by atoms with E-state index in [1.807, 2.05) is 12.1 Å². The fourth-order valence-corrected chi connectivity index (χ4v) is 2.38. The number of thioether (sulfide) groups is 1. The molecule has 1 aromatic rings. The number of rotatable bonds is 9. The predicted molar refractivity (Wildman–Crippen MR) is 73.1 cm³/mol. The van der Waals surface area contributed by atoms with Crippen LogP contribution in [-0.4, -0.2) is 24.0 Å². The highest BCUT2D eigenvalue weighted by Gasteiger charge is 2.04. The highest BCUT2D eigenvalue weighted by Crippen LogP contribution is 2.17. The molecule has 3 nitrogen and oxygen atoms in total. The molecule has 0 spiro atoms. The highest BCUT2D eigenvalue weighted by molar-refractivity contribution is 7.98. The molecule has 17 heavy (non-hydrogen) atoms. The first-order chi connectivity index (χ1) is 8.26. The smallest absolute Gasteiger partial charge is 0.117 e. The minimum Gasteiger partial charge on any atom is -0.464 e. The Bertz CT molecular complexity index is 301. The number of hydrogen-bond donors (Lipinski definition) is 2. The number of hydrogen-bond acceptors (Lipinski definition) is 4. The topological polar surface area (TPSA) is 45.4 Å². The predicted octanol–water partition coefficient (Wildman–Crippen LogP) is 2.64. The van der Waals surface area contributed by atoms with Crippen LogP contribution in [0.5, 0.6) is 0 Å². The summed E-state index contributed by atoms with van der Waals surface area (Å²) in [5.74, 6) is 4.25. The molecule has 0 aliphatic carbocycles. The van der Waals surface area contributed by atoms with Crippen LogP contribution in [0.1, 0.15) is 31.8 Å². The fraction of sp³-hybridized carbons (Fsp3) is 0.692. The standard InChI is InChI=1S/C13H23NO2S/c1-3-6-14-7-12-4-5-13(16-12)10-17-9-11(2)8-15/h4-5,11,14-15H,3,6-10H2,1-2H3. The van der Waals surface area contributed by atoms with Gasteiger partial charge >= 0.3 is 0 Å². The second-order valence-electron chi connectivity index (χ2n) is 4.35. The molecule has 1 rings (SSSR count). The van der Waals surface area contributed by atoms with Crippen LogP contribution in [0.15, 0.2) is 16.5 Å². The van der Waals surface area contributed by atoms with Gasteiger partial charge in [-0.2, -0.15) is 11.8 Å². The monoisotopic (exact) mass is 257 g/mol. The van der Waals surface area contributed by atoms with Gasteiger partial charge in [0.15, 0.2) is 0 Å². The van der Waals surface area contributed by atoms with Gasteiger partial charge in [-0.25, -0.2) is 0 Å². The summed E-state index contributed by atoms with van der Waals surface area (Å²) < 4.78 is 5.70. The summed E-state index contributed by atoms with van der Waals surface area (Å²) in [5, 5.41) is 12.2. The molecule has 1 atom stereocenters. The number of nitrogens with one attached hydrogen (secondary N) is 1. The van der Waals surface area contributed by atoms with Gasteiger partial charge in [0.25, 0.3) is 0 Å². The summed E-state index contributed by atoms with van der Waals surface area (Å²) >= 11 is 1.81. The van der Waals surface area contributed by atoms with Crippen molar-refractivity contribution < 1.29 is 9.52 Å². The Kier molecular flexibility index (Phi) is 7.40. The fourth-order valence-electron chi connectivity index (χ4n) is 1.40. The first-order valence-corrected chi connectivity index (χ1v) is 7.38. The summed E-state index contributed by atoms with van der Waals surface area (Å²) in [6.45, 7) is 6.30. The lowest BCUT2D eigenvalue weighted by atomic mass is 10.2. The summed E-state index contributed by atoms with van der Waals surface area (Å²) in [6, 6.07) is 4.08. The number of furan rings is 1. The molecule has 1 unspecified atom stereocenters. The summed E-state index contributed by atoms with van der Waals surface area (Å²) in [6.07, 6.45) is 1.14. The molecule has 98 valence electrons. The Hall–Kier alpha value is -0.450. The van der Waals surface area contributed by atoms with Crippen LogP contribution in [0.4, 0.5) is 0 Å². The molecule has 0 amide bonds. The minimum absolute atomic E-state index is 0.261. The molecule has 0 aliphatic rings. The largest absolute Gasteiger partial charge is 0.464 e. The van der Waals surface area contributed by atoms with Crippen molar-refractivity contribution >= 4 is 11.8 Å². The Morgan fingerprint density at radius 1 is 1.41 bits per heavy atom. The molecule has 0 saturated heterocycles. The van der Waals surface area contributed by atoms with Crippen LogP contribution in [0, 0.1) is 5.92 Å². The van der Waals surface area contributed by atoms with E-state index in [0.717, 1.165) is 42.5 Å². The van der Waals surface area contributed by atoms with Gasteiger partial charge in [0.05, 0.1) is 12.3 Å². The van der Waals surface area contributed by atoms with Gasteiger partial charge in [0.2, 0.25) is 0 Å². The summed E-state index contributed by atoms with van der Waals surface area (Å²) in [7, 11) is 0. The molecule has 0 aliphatic heterocycles. The Balaban J connectivity index is 2.21. The maximum atomic E-state index is 8.91. The van der Waals surface area contributed by atoms with E-state index >= 15 is 0 Å². The molecule has 1 heterocycles. The van der Waals surface area contributed by atoms with E-state index in [0.29, 0.717) is 5.92 Å². The zero-order valence-corrected chi connectivity index (χ0v) is 11.6. The first kappa shape index (κ1) is 14.6. The van der Waals surface area contributed by atoms with Crippen molar-refractivity contribution in [2.75, 3.05) is 18.9 Å². The van der Waals surface area contributed by atoms with Crippen LogP contribution in [-0.2, 0) is 12.3 Å². The van der Waals surface area contributed by atoms with E-state index in [1.54, 1.807) is 11.8 Å². The van der Waals surface area contributed by atoms with E-state index in [9.17, 15) is 0 Å². The van der Waals surface area contributed by atoms with Crippen molar-refractivity contribution in [3.05, 3.63) is 23.7 Å². The van der Waals surface area contributed by atoms with Crippen molar-refractivity contribution in [1.29, 1.82) is 0 Å². The van der Waals surface area contributed by atoms with Gasteiger partial charge in [-0.1, -0.05) is 13.8 Å². The van der Waals surface area contributed by atoms with E-state index in [1.165, 1.54) is 0 Å². The molecule has 0 fully saturated rings. The normalized spacial score (nSPS) is 12.9. The molecule has 4 heteroatoms. The van der Waals surface area contributed by atoms with Crippen LogP contribution in [0.3, 0.4) is 0 Å². The molecular formula is C13H23NO2S. The van der Waals surface area contributed by atoms with Crippen LogP contribution in [0.25, 0.3) is 0 Å². The van der Waals surface area contributed by atoms with E-state index < -0.39 is 0 Å². The third kappa shape index (κ3) is 6.15. The van der Waals surface area contributed by atoms with Gasteiger partial charge in [-0.15, -0.1) is 0 Å². The first-order valence-electron chi connectivity index (χ1n) is 6.23. The van der Waals surface area contributed by atoms with Crippen molar-refractivity contribution in [3.8, 4) is 0 Å². The third-order valence-electron chi connectivity index (χ3n) is 2.40. The maximum Gasteiger partial charge on any atom is 0.117 e. The van der Waals surface area contributed by atoms with E-state index in [4.69, 9.17) is 9.52 Å². The van der Waals surface area contributed by atoms with Gasteiger partial charge < -0.3 is 14.8 Å². The second-order valence-corrected chi connectivity index (χ2v) is 5.38. The highest BCUT2D eigenvalue weighted by atomic mass is 32.2. The van der Waals surface area contributed by atoms with Crippen LogP contribution >= 0.6 is 11.8 Å². The Morgan fingerprint density at radius 2 is 2.18 bits per heavy atom. The molecule has 0 saturated carbocycles. The van der Waals surface area contributed by atoms with Crippen molar-refractivity contribution in [2.24, 2.45) is 5.92 Å². The molecule has 0 bridgehead atoms. The summed E-state index contributed by atoms with van der Waals surface area (Å²) in [4.78, 5) is 0. The van der Waals surface area contributed by atoms with Crippen molar-refractivity contribution in [3.63, 3.8) is 0 Å². The average molecular weight is 257 g/mol. The number of aliphatic hydroxyl groups is 1. The summed E-state index contributed by atoms with van der Waals surface area (Å²) in [5.41, 5.74) is 0. The van der Waals surface area contributed by atoms with Gasteiger partial charge in [-0.05, 0) is 36.8 Å². The van der Waals surface area contributed by atoms with Crippen LogP contribution in [0.2, 0.25) is 0 Å². The zero-order valence-electron chi connectivity index (χ0n) is 10.7.